The third-order valence-electron chi connectivity index (χ3n) is 2.38. The molecule has 0 amide bonds. The lowest BCUT2D eigenvalue weighted by Crippen LogP contribution is -2.17. The zero-order valence-corrected chi connectivity index (χ0v) is 10.7. The summed E-state index contributed by atoms with van der Waals surface area (Å²) < 4.78 is 14.4. The molecule has 1 aromatic carbocycles. The standard InChI is InChI=1S/C12H10BrFN2O/c1-8-6-12(17)11(7-13)15-16(8)10-4-2-9(14)3-5-10/h2-6H,7H2,1H3. The van der Waals surface area contributed by atoms with Gasteiger partial charge in [0.15, 0.2) is 0 Å². The van der Waals surface area contributed by atoms with Gasteiger partial charge >= 0.3 is 0 Å². The van der Waals surface area contributed by atoms with Crippen LogP contribution in [0.1, 0.15) is 11.4 Å². The Kier molecular flexibility index (Phi) is 3.38. The summed E-state index contributed by atoms with van der Waals surface area (Å²) in [7, 11) is 0. The van der Waals surface area contributed by atoms with Crippen LogP contribution in [0.25, 0.3) is 5.69 Å². The minimum Gasteiger partial charge on any atom is -0.288 e. The van der Waals surface area contributed by atoms with Crippen LogP contribution in [0.5, 0.6) is 0 Å². The van der Waals surface area contributed by atoms with Gasteiger partial charge in [0.1, 0.15) is 11.5 Å². The van der Waals surface area contributed by atoms with Crippen molar-refractivity contribution in [2.75, 3.05) is 0 Å². The number of halogens is 2. The minimum absolute atomic E-state index is 0.0993. The first-order chi connectivity index (χ1) is 8.11. The highest BCUT2D eigenvalue weighted by atomic mass is 79.9. The molecule has 0 saturated carbocycles. The van der Waals surface area contributed by atoms with Crippen molar-refractivity contribution in [2.24, 2.45) is 0 Å². The molecule has 0 radical (unpaired) electrons. The minimum atomic E-state index is -0.298. The first-order valence-corrected chi connectivity index (χ1v) is 6.15. The van der Waals surface area contributed by atoms with Crippen molar-refractivity contribution in [1.82, 2.24) is 9.78 Å². The van der Waals surface area contributed by atoms with Gasteiger partial charge in [0.2, 0.25) is 5.43 Å². The molecule has 0 N–H and O–H groups in total. The van der Waals surface area contributed by atoms with Crippen LogP contribution >= 0.6 is 15.9 Å². The molecular formula is C12H10BrFN2O. The normalized spacial score (nSPS) is 10.5. The summed E-state index contributed by atoms with van der Waals surface area (Å²) in [4.78, 5) is 11.5. The number of hydrogen-bond acceptors (Lipinski definition) is 2. The van der Waals surface area contributed by atoms with E-state index in [1.807, 2.05) is 0 Å². The Bertz CT molecular complexity index is 592. The number of aryl methyl sites for hydroxylation is 1. The van der Waals surface area contributed by atoms with Gasteiger partial charge in [-0.15, -0.1) is 0 Å². The van der Waals surface area contributed by atoms with E-state index in [1.54, 1.807) is 23.7 Å². The molecule has 1 aromatic heterocycles. The van der Waals surface area contributed by atoms with Gasteiger partial charge in [0.05, 0.1) is 11.0 Å². The maximum Gasteiger partial charge on any atom is 0.204 e. The predicted molar refractivity (Wildman–Crippen MR) is 67.2 cm³/mol. The average Bonchev–Trinajstić information content (AvgIpc) is 2.31. The average molecular weight is 297 g/mol. The SMILES string of the molecule is Cc1cc(=O)c(CBr)nn1-c1ccc(F)cc1. The van der Waals surface area contributed by atoms with Crippen LogP contribution in [-0.4, -0.2) is 9.78 Å². The summed E-state index contributed by atoms with van der Waals surface area (Å²) in [5, 5.41) is 4.62. The molecule has 0 spiro atoms. The second-order valence-electron chi connectivity index (χ2n) is 3.62. The van der Waals surface area contributed by atoms with Crippen LogP contribution in [0, 0.1) is 12.7 Å². The predicted octanol–water partition coefficient (Wildman–Crippen LogP) is 2.57. The summed E-state index contributed by atoms with van der Waals surface area (Å²) in [5.74, 6) is -0.298. The largest absolute Gasteiger partial charge is 0.288 e. The lowest BCUT2D eigenvalue weighted by molar-refractivity contribution is 0.626. The highest BCUT2D eigenvalue weighted by molar-refractivity contribution is 9.08. The summed E-state index contributed by atoms with van der Waals surface area (Å²) >= 11 is 3.22. The van der Waals surface area contributed by atoms with Crippen molar-refractivity contribution in [1.29, 1.82) is 0 Å². The van der Waals surface area contributed by atoms with E-state index >= 15 is 0 Å². The van der Waals surface area contributed by atoms with Gasteiger partial charge in [-0.25, -0.2) is 9.07 Å². The fourth-order valence-corrected chi connectivity index (χ4v) is 1.91. The smallest absolute Gasteiger partial charge is 0.204 e. The van der Waals surface area contributed by atoms with Crippen molar-refractivity contribution in [3.63, 3.8) is 0 Å². The highest BCUT2D eigenvalue weighted by Crippen LogP contribution is 2.10. The van der Waals surface area contributed by atoms with Crippen LogP contribution in [0.15, 0.2) is 35.1 Å². The van der Waals surface area contributed by atoms with Crippen molar-refractivity contribution in [3.8, 4) is 5.69 Å². The van der Waals surface area contributed by atoms with E-state index in [2.05, 4.69) is 21.0 Å². The maximum absolute atomic E-state index is 12.8. The molecule has 88 valence electrons. The molecule has 3 nitrogen and oxygen atoms in total. The molecule has 2 aromatic rings. The number of hydrogen-bond donors (Lipinski definition) is 0. The van der Waals surface area contributed by atoms with E-state index in [-0.39, 0.29) is 11.2 Å². The molecule has 0 fully saturated rings. The van der Waals surface area contributed by atoms with Gasteiger partial charge in [-0.1, -0.05) is 15.9 Å². The molecule has 5 heteroatoms. The molecule has 2 rings (SSSR count). The fraction of sp³-hybridized carbons (Fsp3) is 0.167. The van der Waals surface area contributed by atoms with E-state index in [0.29, 0.717) is 16.7 Å². The van der Waals surface area contributed by atoms with Crippen LogP contribution in [-0.2, 0) is 5.33 Å². The topological polar surface area (TPSA) is 34.9 Å². The van der Waals surface area contributed by atoms with Gasteiger partial charge < -0.3 is 0 Å². The van der Waals surface area contributed by atoms with E-state index in [0.717, 1.165) is 5.69 Å². The van der Waals surface area contributed by atoms with Gasteiger partial charge in [-0.2, -0.15) is 5.10 Å². The highest BCUT2D eigenvalue weighted by Gasteiger charge is 2.06. The van der Waals surface area contributed by atoms with Crippen LogP contribution < -0.4 is 5.43 Å². The molecule has 17 heavy (non-hydrogen) atoms. The van der Waals surface area contributed by atoms with Gasteiger partial charge in [0.25, 0.3) is 0 Å². The lowest BCUT2D eigenvalue weighted by atomic mass is 10.3. The van der Waals surface area contributed by atoms with Gasteiger partial charge in [-0.3, -0.25) is 4.79 Å². The number of aromatic nitrogens is 2. The third kappa shape index (κ3) is 2.44. The summed E-state index contributed by atoms with van der Waals surface area (Å²) in [6.07, 6.45) is 0. The van der Waals surface area contributed by atoms with E-state index < -0.39 is 0 Å². The molecule has 0 atom stereocenters. The Morgan fingerprint density at radius 3 is 2.59 bits per heavy atom. The van der Waals surface area contributed by atoms with Gasteiger partial charge in [0, 0.05) is 11.8 Å². The molecular weight excluding hydrogens is 287 g/mol. The number of nitrogens with zero attached hydrogens (tertiary/aromatic N) is 2. The first kappa shape index (κ1) is 12.0. The third-order valence-corrected chi connectivity index (χ3v) is 2.91. The fourth-order valence-electron chi connectivity index (χ4n) is 1.52. The Hall–Kier alpha value is -1.49. The molecule has 1 heterocycles. The Labute approximate surface area is 106 Å². The second-order valence-corrected chi connectivity index (χ2v) is 4.18. The van der Waals surface area contributed by atoms with E-state index in [1.165, 1.54) is 18.2 Å². The molecule has 0 aliphatic rings. The molecule has 0 aliphatic carbocycles. The van der Waals surface area contributed by atoms with Crippen molar-refractivity contribution < 1.29 is 4.39 Å². The monoisotopic (exact) mass is 296 g/mol. The quantitative estimate of drug-likeness (QED) is 0.799. The zero-order chi connectivity index (χ0) is 12.4. The number of rotatable bonds is 2. The van der Waals surface area contributed by atoms with Crippen LogP contribution in [0.3, 0.4) is 0 Å². The van der Waals surface area contributed by atoms with Crippen molar-refractivity contribution in [2.45, 2.75) is 12.3 Å². The second kappa shape index (κ2) is 4.79. The molecule has 0 bridgehead atoms. The number of alkyl halides is 1. The number of benzene rings is 1. The Morgan fingerprint density at radius 2 is 2.00 bits per heavy atom. The lowest BCUT2D eigenvalue weighted by Gasteiger charge is -2.10. The van der Waals surface area contributed by atoms with E-state index in [9.17, 15) is 9.18 Å². The van der Waals surface area contributed by atoms with Crippen molar-refractivity contribution in [3.05, 3.63) is 57.8 Å². The van der Waals surface area contributed by atoms with E-state index in [4.69, 9.17) is 0 Å². The first-order valence-electron chi connectivity index (χ1n) is 5.03. The maximum atomic E-state index is 12.8. The Balaban J connectivity index is 2.59. The zero-order valence-electron chi connectivity index (χ0n) is 9.15. The van der Waals surface area contributed by atoms with Crippen LogP contribution in [0.4, 0.5) is 4.39 Å². The molecule has 0 unspecified atom stereocenters. The summed E-state index contributed by atoms with van der Waals surface area (Å²) in [5.41, 5.74) is 1.77. The Morgan fingerprint density at radius 1 is 1.35 bits per heavy atom. The summed E-state index contributed by atoms with van der Waals surface area (Å²) in [6.45, 7) is 1.79. The summed E-state index contributed by atoms with van der Waals surface area (Å²) in [6, 6.07) is 7.49. The van der Waals surface area contributed by atoms with Crippen LogP contribution in [0.2, 0.25) is 0 Å². The van der Waals surface area contributed by atoms with Gasteiger partial charge in [-0.05, 0) is 31.2 Å². The molecule has 0 aliphatic heterocycles. The van der Waals surface area contributed by atoms with Crippen molar-refractivity contribution >= 4 is 15.9 Å². The molecule has 0 saturated heterocycles.